The van der Waals surface area contributed by atoms with Crippen LogP contribution in [0.25, 0.3) is 6.08 Å². The van der Waals surface area contributed by atoms with E-state index in [1.807, 2.05) is 23.6 Å². The SMILES string of the molecule is O=C(CSc1ccc(NC(=O)/C(=C/c2cccs2)NC(=O)c2ccccc2)cc1)Nc1ccc(Cl)cc1Cl. The van der Waals surface area contributed by atoms with Crippen LogP contribution in [0.1, 0.15) is 15.2 Å². The molecule has 1 heterocycles. The van der Waals surface area contributed by atoms with Crippen molar-refractivity contribution >= 4 is 81.5 Å². The van der Waals surface area contributed by atoms with E-state index in [0.29, 0.717) is 27.0 Å². The van der Waals surface area contributed by atoms with Crippen LogP contribution in [-0.4, -0.2) is 23.5 Å². The lowest BCUT2D eigenvalue weighted by molar-refractivity contribution is -0.114. The number of carbonyl (C=O) groups excluding carboxylic acids is 3. The fourth-order valence-electron chi connectivity index (χ4n) is 3.22. The van der Waals surface area contributed by atoms with Gasteiger partial charge in [0.1, 0.15) is 5.70 Å². The van der Waals surface area contributed by atoms with E-state index in [1.54, 1.807) is 72.8 Å². The van der Waals surface area contributed by atoms with Crippen molar-refractivity contribution < 1.29 is 14.4 Å². The minimum Gasteiger partial charge on any atom is -0.324 e. The smallest absolute Gasteiger partial charge is 0.272 e. The first-order valence-electron chi connectivity index (χ1n) is 11.3. The van der Waals surface area contributed by atoms with Crippen molar-refractivity contribution in [1.82, 2.24) is 5.32 Å². The van der Waals surface area contributed by atoms with Gasteiger partial charge in [-0.3, -0.25) is 14.4 Å². The zero-order chi connectivity index (χ0) is 26.9. The normalized spacial score (nSPS) is 11.1. The van der Waals surface area contributed by atoms with Crippen molar-refractivity contribution in [1.29, 1.82) is 0 Å². The maximum atomic E-state index is 13.1. The van der Waals surface area contributed by atoms with E-state index < -0.39 is 5.91 Å². The second-order valence-electron chi connectivity index (χ2n) is 7.83. The molecule has 0 spiro atoms. The molecule has 3 amide bonds. The third kappa shape index (κ3) is 7.97. The van der Waals surface area contributed by atoms with Crippen molar-refractivity contribution in [3.8, 4) is 0 Å². The maximum Gasteiger partial charge on any atom is 0.272 e. The van der Waals surface area contributed by atoms with Crippen molar-refractivity contribution in [2.24, 2.45) is 0 Å². The van der Waals surface area contributed by atoms with Crippen LogP contribution in [0.3, 0.4) is 0 Å². The number of hydrogen-bond donors (Lipinski definition) is 3. The Bertz CT molecular complexity index is 1460. The molecule has 38 heavy (non-hydrogen) atoms. The van der Waals surface area contributed by atoms with Gasteiger partial charge in [-0.25, -0.2) is 0 Å². The van der Waals surface area contributed by atoms with Gasteiger partial charge in [-0.1, -0.05) is 47.5 Å². The van der Waals surface area contributed by atoms with Crippen LogP contribution in [0, 0.1) is 0 Å². The molecule has 192 valence electrons. The molecule has 0 fully saturated rings. The van der Waals surface area contributed by atoms with Gasteiger partial charge >= 0.3 is 0 Å². The molecule has 0 atom stereocenters. The first-order chi connectivity index (χ1) is 18.4. The van der Waals surface area contributed by atoms with Crippen LogP contribution in [0.2, 0.25) is 10.0 Å². The first kappa shape index (κ1) is 27.5. The van der Waals surface area contributed by atoms with Crippen molar-refractivity contribution in [2.75, 3.05) is 16.4 Å². The molecular formula is C28H21Cl2N3O3S2. The number of carbonyl (C=O) groups is 3. The number of hydrogen-bond acceptors (Lipinski definition) is 5. The van der Waals surface area contributed by atoms with E-state index in [-0.39, 0.29) is 23.3 Å². The standard InChI is InChI=1S/C28H21Cl2N3O3S2/c29-19-8-13-24(23(30)15-19)32-26(34)17-38-21-11-9-20(10-12-21)31-28(36)25(16-22-7-4-14-37-22)33-27(35)18-5-2-1-3-6-18/h1-16H,17H2,(H,31,36)(H,32,34)(H,33,35)/b25-16-. The van der Waals surface area contributed by atoms with Gasteiger partial charge in [-0.15, -0.1) is 23.1 Å². The van der Waals surface area contributed by atoms with Gasteiger partial charge in [0.15, 0.2) is 0 Å². The summed E-state index contributed by atoms with van der Waals surface area (Å²) in [5.41, 5.74) is 1.60. The Labute approximate surface area is 238 Å². The van der Waals surface area contributed by atoms with Crippen LogP contribution >= 0.6 is 46.3 Å². The molecule has 10 heteroatoms. The Morgan fingerprint density at radius 2 is 1.63 bits per heavy atom. The molecule has 0 aliphatic heterocycles. The molecule has 0 aliphatic carbocycles. The minimum absolute atomic E-state index is 0.122. The fraction of sp³-hybridized carbons (Fsp3) is 0.0357. The molecule has 0 aliphatic rings. The summed E-state index contributed by atoms with van der Waals surface area (Å²) in [6.07, 6.45) is 1.64. The summed E-state index contributed by atoms with van der Waals surface area (Å²) >= 11 is 14.8. The average Bonchev–Trinajstić information content (AvgIpc) is 3.43. The topological polar surface area (TPSA) is 87.3 Å². The van der Waals surface area contributed by atoms with Crippen molar-refractivity contribution in [3.63, 3.8) is 0 Å². The fourth-order valence-corrected chi connectivity index (χ4v) is 5.03. The molecule has 0 saturated heterocycles. The summed E-state index contributed by atoms with van der Waals surface area (Å²) in [4.78, 5) is 39.7. The number of rotatable bonds is 9. The zero-order valence-electron chi connectivity index (χ0n) is 19.7. The summed E-state index contributed by atoms with van der Waals surface area (Å²) in [5.74, 6) is -0.881. The number of benzene rings is 3. The van der Waals surface area contributed by atoms with E-state index in [9.17, 15) is 14.4 Å². The molecule has 4 rings (SSSR count). The second kappa shape index (κ2) is 13.3. The number of thiophene rings is 1. The highest BCUT2D eigenvalue weighted by Gasteiger charge is 2.15. The molecular weight excluding hydrogens is 561 g/mol. The van der Waals surface area contributed by atoms with Crippen molar-refractivity contribution in [3.05, 3.63) is 116 Å². The van der Waals surface area contributed by atoms with Gasteiger partial charge in [0.05, 0.1) is 16.5 Å². The second-order valence-corrected chi connectivity index (χ2v) is 10.7. The highest BCUT2D eigenvalue weighted by atomic mass is 35.5. The van der Waals surface area contributed by atoms with Crippen LogP contribution in [0.4, 0.5) is 11.4 Å². The largest absolute Gasteiger partial charge is 0.324 e. The lowest BCUT2D eigenvalue weighted by Crippen LogP contribution is -2.30. The Hall–Kier alpha value is -3.56. The summed E-state index contributed by atoms with van der Waals surface area (Å²) < 4.78 is 0. The summed E-state index contributed by atoms with van der Waals surface area (Å²) in [6, 6.07) is 24.3. The molecule has 0 radical (unpaired) electrons. The Balaban J connectivity index is 1.36. The summed E-state index contributed by atoms with van der Waals surface area (Å²) in [5, 5.41) is 11.0. The molecule has 1 aromatic heterocycles. The van der Waals surface area contributed by atoms with Crippen LogP contribution in [-0.2, 0) is 9.59 Å². The predicted octanol–water partition coefficient (Wildman–Crippen LogP) is 7.20. The molecule has 0 bridgehead atoms. The predicted molar refractivity (Wildman–Crippen MR) is 157 cm³/mol. The third-order valence-electron chi connectivity index (χ3n) is 5.05. The zero-order valence-corrected chi connectivity index (χ0v) is 22.9. The Morgan fingerprint density at radius 1 is 0.868 bits per heavy atom. The highest BCUT2D eigenvalue weighted by molar-refractivity contribution is 8.00. The molecule has 3 N–H and O–H groups in total. The van der Waals surface area contributed by atoms with Gasteiger partial charge in [0.25, 0.3) is 11.8 Å². The van der Waals surface area contributed by atoms with E-state index in [0.717, 1.165) is 9.77 Å². The van der Waals surface area contributed by atoms with Crippen LogP contribution in [0.15, 0.2) is 101 Å². The molecule has 0 saturated carbocycles. The third-order valence-corrected chi connectivity index (χ3v) is 7.43. The lowest BCUT2D eigenvalue weighted by Gasteiger charge is -2.11. The quantitative estimate of drug-likeness (QED) is 0.144. The van der Waals surface area contributed by atoms with E-state index in [4.69, 9.17) is 23.2 Å². The van der Waals surface area contributed by atoms with Gasteiger partial charge < -0.3 is 16.0 Å². The van der Waals surface area contributed by atoms with Gasteiger partial charge in [0, 0.05) is 26.0 Å². The van der Waals surface area contributed by atoms with Gasteiger partial charge in [0.2, 0.25) is 5.91 Å². The number of thioether (sulfide) groups is 1. The first-order valence-corrected chi connectivity index (χ1v) is 13.9. The summed E-state index contributed by atoms with van der Waals surface area (Å²) in [6.45, 7) is 0. The molecule has 3 aromatic carbocycles. The molecule has 0 unspecified atom stereocenters. The van der Waals surface area contributed by atoms with Crippen molar-refractivity contribution in [2.45, 2.75) is 4.90 Å². The van der Waals surface area contributed by atoms with E-state index in [1.165, 1.54) is 23.1 Å². The Kier molecular flexibility index (Phi) is 9.62. The van der Waals surface area contributed by atoms with Gasteiger partial charge in [-0.2, -0.15) is 0 Å². The van der Waals surface area contributed by atoms with Crippen LogP contribution in [0.5, 0.6) is 0 Å². The monoisotopic (exact) mass is 581 g/mol. The molecule has 4 aromatic rings. The lowest BCUT2D eigenvalue weighted by atomic mass is 10.2. The number of anilines is 2. The van der Waals surface area contributed by atoms with Gasteiger partial charge in [-0.05, 0) is 72.1 Å². The van der Waals surface area contributed by atoms with E-state index >= 15 is 0 Å². The highest BCUT2D eigenvalue weighted by Crippen LogP contribution is 2.26. The minimum atomic E-state index is -0.456. The van der Waals surface area contributed by atoms with E-state index in [2.05, 4.69) is 16.0 Å². The number of nitrogens with one attached hydrogen (secondary N) is 3. The number of amides is 3. The van der Waals surface area contributed by atoms with Crippen LogP contribution < -0.4 is 16.0 Å². The molecule has 6 nitrogen and oxygen atoms in total. The maximum absolute atomic E-state index is 13.1. The number of halogens is 2. The average molecular weight is 583 g/mol. The Morgan fingerprint density at radius 3 is 2.32 bits per heavy atom. The summed E-state index contributed by atoms with van der Waals surface area (Å²) in [7, 11) is 0.